The molecule has 0 fully saturated rings. The number of hydrogen-bond acceptors (Lipinski definition) is 0. The second-order valence-electron chi connectivity index (χ2n) is 4.62. The zero-order chi connectivity index (χ0) is 10.5. The van der Waals surface area contributed by atoms with Gasteiger partial charge in [0.15, 0.2) is 0 Å². The van der Waals surface area contributed by atoms with Gasteiger partial charge in [-0.25, -0.2) is 0 Å². The number of allylic oxidation sites excluding steroid dienone is 2. The smallest absolute Gasteiger partial charge is 0.00879 e. The average Bonchev–Trinajstić information content (AvgIpc) is 2.94. The Bertz CT molecular complexity index is 657. The molecule has 0 nitrogen and oxygen atoms in total. The Labute approximate surface area is 94.9 Å². The molecule has 0 spiro atoms. The van der Waals surface area contributed by atoms with Crippen LogP contribution in [0.5, 0.6) is 0 Å². The van der Waals surface area contributed by atoms with E-state index in [9.17, 15) is 0 Å². The van der Waals surface area contributed by atoms with Crippen LogP contribution in [0.25, 0.3) is 22.9 Å². The molecule has 0 aliphatic heterocycles. The van der Waals surface area contributed by atoms with Gasteiger partial charge in [-0.15, -0.1) is 0 Å². The summed E-state index contributed by atoms with van der Waals surface area (Å²) in [7, 11) is 0. The molecule has 0 aromatic heterocycles. The van der Waals surface area contributed by atoms with E-state index in [-0.39, 0.29) is 0 Å². The highest BCUT2D eigenvalue weighted by Crippen LogP contribution is 2.32. The summed E-state index contributed by atoms with van der Waals surface area (Å²) in [5.41, 5.74) is 5.77. The minimum absolute atomic E-state index is 1.10. The molecule has 4 rings (SSSR count). The molecule has 0 saturated carbocycles. The molecule has 0 heteroatoms. The molecule has 2 aromatic rings. The van der Waals surface area contributed by atoms with E-state index in [4.69, 9.17) is 0 Å². The van der Waals surface area contributed by atoms with Crippen LogP contribution < -0.4 is 0 Å². The Morgan fingerprint density at radius 2 is 1.69 bits per heavy atom. The summed E-state index contributed by atoms with van der Waals surface area (Å²) in [6.07, 6.45) is 11.2. The van der Waals surface area contributed by atoms with Crippen LogP contribution in [0.1, 0.15) is 22.3 Å². The van der Waals surface area contributed by atoms with E-state index >= 15 is 0 Å². The number of fused-ring (bicyclic) bond motifs is 4. The molecule has 2 aliphatic rings. The monoisotopic (exact) mass is 204 g/mol. The molecule has 0 heterocycles. The molecule has 2 aromatic carbocycles. The largest absolute Gasteiger partial charge is 0.0795 e. The van der Waals surface area contributed by atoms with Crippen LogP contribution in [-0.2, 0) is 12.8 Å². The van der Waals surface area contributed by atoms with Gasteiger partial charge in [-0.1, -0.05) is 42.5 Å². The van der Waals surface area contributed by atoms with Gasteiger partial charge in [-0.3, -0.25) is 0 Å². The van der Waals surface area contributed by atoms with Crippen LogP contribution in [0.15, 0.2) is 36.4 Å². The van der Waals surface area contributed by atoms with Gasteiger partial charge in [0.2, 0.25) is 0 Å². The van der Waals surface area contributed by atoms with Crippen molar-refractivity contribution >= 4 is 22.9 Å². The Kier molecular flexibility index (Phi) is 1.49. The molecule has 76 valence electrons. The van der Waals surface area contributed by atoms with Gasteiger partial charge < -0.3 is 0 Å². The third kappa shape index (κ3) is 0.992. The number of rotatable bonds is 0. The molecule has 2 aliphatic carbocycles. The topological polar surface area (TPSA) is 0 Å². The molecule has 0 atom stereocenters. The number of benzene rings is 2. The van der Waals surface area contributed by atoms with Crippen molar-refractivity contribution in [2.24, 2.45) is 0 Å². The van der Waals surface area contributed by atoms with E-state index < -0.39 is 0 Å². The molecule has 0 unspecified atom stereocenters. The first-order valence-electron chi connectivity index (χ1n) is 5.83. The first-order valence-corrected chi connectivity index (χ1v) is 5.83. The summed E-state index contributed by atoms with van der Waals surface area (Å²) in [6, 6.07) is 9.23. The van der Waals surface area contributed by atoms with Gasteiger partial charge in [0, 0.05) is 0 Å². The summed E-state index contributed by atoms with van der Waals surface area (Å²) in [6.45, 7) is 0. The molecule has 0 amide bonds. The predicted octanol–water partition coefficient (Wildman–Crippen LogP) is 3.98. The van der Waals surface area contributed by atoms with Gasteiger partial charge in [0.1, 0.15) is 0 Å². The first kappa shape index (κ1) is 8.35. The molecule has 0 N–H and O–H groups in total. The summed E-state index contributed by atoms with van der Waals surface area (Å²) >= 11 is 0. The molecule has 16 heavy (non-hydrogen) atoms. The highest BCUT2D eigenvalue weighted by atomic mass is 14.2. The fourth-order valence-electron chi connectivity index (χ4n) is 2.83. The SMILES string of the molecule is C1=Cc2cc3c4c(ccc3cc2C1)CC=C4. The van der Waals surface area contributed by atoms with Crippen molar-refractivity contribution in [1.82, 2.24) is 0 Å². The van der Waals surface area contributed by atoms with Gasteiger partial charge in [-0.2, -0.15) is 0 Å². The standard InChI is InChI=1S/C16H12/c1-4-12-9-14-8-7-11-3-2-6-15(11)16(14)10-13(12)5-1/h1-2,5-10H,3-4H2. The first-order chi connectivity index (χ1) is 7.92. The predicted molar refractivity (Wildman–Crippen MR) is 69.4 cm³/mol. The van der Waals surface area contributed by atoms with Crippen molar-refractivity contribution in [1.29, 1.82) is 0 Å². The maximum Gasteiger partial charge on any atom is -0.00879 e. The van der Waals surface area contributed by atoms with Gasteiger partial charge in [0.25, 0.3) is 0 Å². The van der Waals surface area contributed by atoms with E-state index in [1.54, 1.807) is 0 Å². The fourth-order valence-corrected chi connectivity index (χ4v) is 2.83. The van der Waals surface area contributed by atoms with Crippen molar-refractivity contribution in [3.63, 3.8) is 0 Å². The lowest BCUT2D eigenvalue weighted by Crippen LogP contribution is -1.87. The van der Waals surface area contributed by atoms with Crippen LogP contribution in [0.3, 0.4) is 0 Å². The third-order valence-corrected chi connectivity index (χ3v) is 3.67. The summed E-state index contributed by atoms with van der Waals surface area (Å²) in [5, 5.41) is 2.80. The van der Waals surface area contributed by atoms with Crippen molar-refractivity contribution < 1.29 is 0 Å². The van der Waals surface area contributed by atoms with Gasteiger partial charge >= 0.3 is 0 Å². The average molecular weight is 204 g/mol. The zero-order valence-electron chi connectivity index (χ0n) is 9.03. The minimum atomic E-state index is 1.10. The summed E-state index contributed by atoms with van der Waals surface area (Å²) < 4.78 is 0. The molecule has 0 bridgehead atoms. The van der Waals surface area contributed by atoms with E-state index in [0.29, 0.717) is 0 Å². The van der Waals surface area contributed by atoms with Crippen LogP contribution in [-0.4, -0.2) is 0 Å². The van der Waals surface area contributed by atoms with Crippen molar-refractivity contribution in [3.05, 3.63) is 58.7 Å². The Balaban J connectivity index is 2.14. The van der Waals surface area contributed by atoms with Crippen LogP contribution >= 0.6 is 0 Å². The van der Waals surface area contributed by atoms with Crippen molar-refractivity contribution in [3.8, 4) is 0 Å². The van der Waals surface area contributed by atoms with Crippen molar-refractivity contribution in [2.45, 2.75) is 12.8 Å². The lowest BCUT2D eigenvalue weighted by atomic mass is 9.97. The second-order valence-corrected chi connectivity index (χ2v) is 4.62. The Hall–Kier alpha value is -1.82. The molecule has 0 saturated heterocycles. The van der Waals surface area contributed by atoms with E-state index in [2.05, 4.69) is 48.6 Å². The quantitative estimate of drug-likeness (QED) is 0.609. The molecule has 0 radical (unpaired) electrons. The third-order valence-electron chi connectivity index (χ3n) is 3.67. The van der Waals surface area contributed by atoms with Crippen LogP contribution in [0, 0.1) is 0 Å². The second kappa shape index (κ2) is 2.85. The maximum absolute atomic E-state index is 2.35. The van der Waals surface area contributed by atoms with Crippen molar-refractivity contribution in [2.75, 3.05) is 0 Å². The van der Waals surface area contributed by atoms with E-state index in [0.717, 1.165) is 12.8 Å². The summed E-state index contributed by atoms with van der Waals surface area (Å²) in [4.78, 5) is 0. The summed E-state index contributed by atoms with van der Waals surface area (Å²) in [5.74, 6) is 0. The normalized spacial score (nSPS) is 15.8. The zero-order valence-corrected chi connectivity index (χ0v) is 9.03. The van der Waals surface area contributed by atoms with Gasteiger partial charge in [-0.05, 0) is 51.9 Å². The highest BCUT2D eigenvalue weighted by Gasteiger charge is 2.12. The molecular formula is C16H12. The Morgan fingerprint density at radius 3 is 2.69 bits per heavy atom. The van der Waals surface area contributed by atoms with Crippen LogP contribution in [0.4, 0.5) is 0 Å². The molecular weight excluding hydrogens is 192 g/mol. The van der Waals surface area contributed by atoms with E-state index in [1.807, 2.05) is 0 Å². The van der Waals surface area contributed by atoms with Crippen LogP contribution in [0.2, 0.25) is 0 Å². The number of hydrogen-bond donors (Lipinski definition) is 0. The fraction of sp³-hybridized carbons (Fsp3) is 0.125. The Morgan fingerprint density at radius 1 is 0.812 bits per heavy atom. The lowest BCUT2D eigenvalue weighted by Gasteiger charge is -2.07. The lowest BCUT2D eigenvalue weighted by molar-refractivity contribution is 1.31. The highest BCUT2D eigenvalue weighted by molar-refractivity contribution is 5.95. The minimum Gasteiger partial charge on any atom is -0.0795 e. The van der Waals surface area contributed by atoms with Gasteiger partial charge in [0.05, 0.1) is 0 Å². The maximum atomic E-state index is 2.35. The van der Waals surface area contributed by atoms with E-state index in [1.165, 1.54) is 33.0 Å².